The van der Waals surface area contributed by atoms with Crippen LogP contribution < -0.4 is 9.80 Å². The standard InChI is InChI=1S/C21H22FN3O2S/c22-17-6-7-18-19(15-17)28-21(23-18)25(9-8-24-10-12-27-13-11-24)20(26)14-16-4-2-1-3-5-16/h1-7,15H,8-14H2/p+1. The SMILES string of the molecule is O=C(Cc1ccccc1)N(CC[NH+]1CCOCC1)c1nc2ccc(F)cc2s1. The number of morpholine rings is 1. The minimum absolute atomic E-state index is 0.0124. The molecule has 0 radical (unpaired) electrons. The minimum atomic E-state index is -0.289. The average Bonchev–Trinajstić information content (AvgIpc) is 3.12. The Morgan fingerprint density at radius 2 is 1.96 bits per heavy atom. The zero-order valence-corrected chi connectivity index (χ0v) is 16.4. The Kier molecular flexibility index (Phi) is 5.95. The number of ether oxygens (including phenoxy) is 1. The summed E-state index contributed by atoms with van der Waals surface area (Å²) < 4.78 is 19.7. The van der Waals surface area contributed by atoms with Gasteiger partial charge < -0.3 is 9.64 Å². The fraction of sp³-hybridized carbons (Fsp3) is 0.333. The number of amides is 1. The van der Waals surface area contributed by atoms with E-state index >= 15 is 0 Å². The molecular formula is C21H23FN3O2S+. The van der Waals surface area contributed by atoms with Gasteiger partial charge in [-0.2, -0.15) is 0 Å². The molecule has 5 nitrogen and oxygen atoms in total. The summed E-state index contributed by atoms with van der Waals surface area (Å²) in [6.07, 6.45) is 0.323. The van der Waals surface area contributed by atoms with Crippen molar-refractivity contribution in [3.63, 3.8) is 0 Å². The summed E-state index contributed by atoms with van der Waals surface area (Å²) in [6.45, 7) is 4.84. The number of halogens is 1. The molecule has 0 spiro atoms. The second-order valence-corrected chi connectivity index (χ2v) is 7.94. The van der Waals surface area contributed by atoms with E-state index in [-0.39, 0.29) is 11.7 Å². The van der Waals surface area contributed by atoms with Gasteiger partial charge in [0.15, 0.2) is 5.13 Å². The number of thiazole rings is 1. The number of hydrogen-bond donors (Lipinski definition) is 1. The predicted molar refractivity (Wildman–Crippen MR) is 108 cm³/mol. The molecule has 1 aromatic heterocycles. The zero-order chi connectivity index (χ0) is 19.3. The molecule has 2 heterocycles. The lowest BCUT2D eigenvalue weighted by Gasteiger charge is -2.27. The summed E-state index contributed by atoms with van der Waals surface area (Å²) in [5.74, 6) is -0.277. The van der Waals surface area contributed by atoms with Crippen molar-refractivity contribution in [1.29, 1.82) is 0 Å². The summed E-state index contributed by atoms with van der Waals surface area (Å²) >= 11 is 1.37. The molecule has 1 amide bonds. The number of nitrogens with one attached hydrogen (secondary N) is 1. The van der Waals surface area contributed by atoms with Crippen molar-refractivity contribution in [2.45, 2.75) is 6.42 Å². The molecule has 1 aliphatic heterocycles. The van der Waals surface area contributed by atoms with Crippen molar-refractivity contribution in [3.05, 3.63) is 59.9 Å². The number of rotatable bonds is 6. The van der Waals surface area contributed by atoms with E-state index < -0.39 is 0 Å². The Morgan fingerprint density at radius 3 is 2.75 bits per heavy atom. The molecule has 0 saturated carbocycles. The highest BCUT2D eigenvalue weighted by molar-refractivity contribution is 7.22. The summed E-state index contributed by atoms with van der Waals surface area (Å²) in [4.78, 5) is 20.9. The number of aromatic nitrogens is 1. The molecule has 1 aliphatic rings. The van der Waals surface area contributed by atoms with Gasteiger partial charge in [0.2, 0.25) is 5.91 Å². The van der Waals surface area contributed by atoms with Gasteiger partial charge in [0.05, 0.1) is 42.9 Å². The van der Waals surface area contributed by atoms with Crippen LogP contribution in [0.1, 0.15) is 5.56 Å². The lowest BCUT2D eigenvalue weighted by Crippen LogP contribution is -3.14. The number of quaternary nitrogens is 1. The predicted octanol–water partition coefficient (Wildman–Crippen LogP) is 1.93. The van der Waals surface area contributed by atoms with Crippen LogP contribution in [0.3, 0.4) is 0 Å². The van der Waals surface area contributed by atoms with Gasteiger partial charge in [-0.25, -0.2) is 9.37 Å². The van der Waals surface area contributed by atoms with Crippen LogP contribution in [-0.2, 0) is 16.0 Å². The van der Waals surface area contributed by atoms with Gasteiger partial charge in [0.1, 0.15) is 18.9 Å². The summed E-state index contributed by atoms with van der Waals surface area (Å²) in [5, 5.41) is 0.634. The number of carbonyl (C=O) groups is 1. The number of benzene rings is 2. The van der Waals surface area contributed by atoms with E-state index in [1.807, 2.05) is 30.3 Å². The van der Waals surface area contributed by atoms with Crippen LogP contribution in [0.15, 0.2) is 48.5 Å². The van der Waals surface area contributed by atoms with Crippen molar-refractivity contribution in [3.8, 4) is 0 Å². The van der Waals surface area contributed by atoms with Crippen LogP contribution in [0.5, 0.6) is 0 Å². The lowest BCUT2D eigenvalue weighted by molar-refractivity contribution is -0.906. The molecule has 28 heavy (non-hydrogen) atoms. The lowest BCUT2D eigenvalue weighted by atomic mass is 10.1. The molecule has 146 valence electrons. The van der Waals surface area contributed by atoms with Crippen LogP contribution in [0.4, 0.5) is 9.52 Å². The van der Waals surface area contributed by atoms with Crippen LogP contribution in [0.2, 0.25) is 0 Å². The van der Waals surface area contributed by atoms with E-state index in [0.717, 1.165) is 48.6 Å². The Balaban J connectivity index is 1.56. The van der Waals surface area contributed by atoms with E-state index in [1.54, 1.807) is 11.0 Å². The first-order valence-corrected chi connectivity index (χ1v) is 10.3. The first-order valence-electron chi connectivity index (χ1n) is 9.51. The van der Waals surface area contributed by atoms with Crippen LogP contribution in [-0.4, -0.2) is 50.3 Å². The Hall–Kier alpha value is -2.35. The van der Waals surface area contributed by atoms with Gasteiger partial charge in [-0.1, -0.05) is 41.7 Å². The topological polar surface area (TPSA) is 46.9 Å². The quantitative estimate of drug-likeness (QED) is 0.688. The van der Waals surface area contributed by atoms with Gasteiger partial charge in [-0.05, 0) is 23.8 Å². The number of carbonyl (C=O) groups excluding carboxylic acids is 1. The molecule has 3 aromatic rings. The molecule has 2 aromatic carbocycles. The highest BCUT2D eigenvalue weighted by Crippen LogP contribution is 2.29. The first-order chi connectivity index (χ1) is 13.7. The van der Waals surface area contributed by atoms with Crippen LogP contribution >= 0.6 is 11.3 Å². The number of anilines is 1. The second-order valence-electron chi connectivity index (χ2n) is 6.93. The van der Waals surface area contributed by atoms with E-state index in [2.05, 4.69) is 4.98 Å². The minimum Gasteiger partial charge on any atom is -0.370 e. The molecule has 1 saturated heterocycles. The third-order valence-corrected chi connectivity index (χ3v) is 6.00. The highest BCUT2D eigenvalue weighted by Gasteiger charge is 2.23. The first kappa shape index (κ1) is 19.0. The normalized spacial score (nSPS) is 15.0. The van der Waals surface area contributed by atoms with Crippen molar-refractivity contribution in [1.82, 2.24) is 4.98 Å². The largest absolute Gasteiger partial charge is 0.370 e. The van der Waals surface area contributed by atoms with Gasteiger partial charge in [0.25, 0.3) is 0 Å². The van der Waals surface area contributed by atoms with E-state index in [4.69, 9.17) is 4.74 Å². The summed E-state index contributed by atoms with van der Waals surface area (Å²) in [6, 6.07) is 14.3. The molecule has 1 N–H and O–H groups in total. The van der Waals surface area contributed by atoms with Crippen LogP contribution in [0, 0.1) is 5.82 Å². The van der Waals surface area contributed by atoms with Gasteiger partial charge in [-0.3, -0.25) is 9.69 Å². The fourth-order valence-electron chi connectivity index (χ4n) is 3.37. The molecule has 7 heteroatoms. The third-order valence-electron chi connectivity index (χ3n) is 4.96. The zero-order valence-electron chi connectivity index (χ0n) is 15.6. The van der Waals surface area contributed by atoms with Crippen molar-refractivity contribution in [2.75, 3.05) is 44.3 Å². The smallest absolute Gasteiger partial charge is 0.233 e. The molecule has 0 unspecified atom stereocenters. The fourth-order valence-corrected chi connectivity index (χ4v) is 4.41. The third kappa shape index (κ3) is 4.55. The number of hydrogen-bond acceptors (Lipinski definition) is 4. The van der Waals surface area contributed by atoms with Crippen LogP contribution in [0.25, 0.3) is 10.2 Å². The second kappa shape index (κ2) is 8.77. The van der Waals surface area contributed by atoms with Crippen molar-refractivity contribution in [2.24, 2.45) is 0 Å². The van der Waals surface area contributed by atoms with Crippen molar-refractivity contribution < 1.29 is 18.8 Å². The highest BCUT2D eigenvalue weighted by atomic mass is 32.1. The monoisotopic (exact) mass is 400 g/mol. The van der Waals surface area contributed by atoms with Gasteiger partial charge in [0, 0.05) is 0 Å². The Bertz CT molecular complexity index is 941. The maximum absolute atomic E-state index is 13.6. The average molecular weight is 400 g/mol. The molecule has 0 bridgehead atoms. The van der Waals surface area contributed by atoms with Gasteiger partial charge >= 0.3 is 0 Å². The molecular weight excluding hydrogens is 377 g/mol. The molecule has 0 atom stereocenters. The van der Waals surface area contributed by atoms with E-state index in [1.165, 1.54) is 28.4 Å². The van der Waals surface area contributed by atoms with E-state index in [9.17, 15) is 9.18 Å². The Labute approximate surface area is 167 Å². The molecule has 0 aliphatic carbocycles. The molecule has 4 rings (SSSR count). The number of nitrogens with zero attached hydrogens (tertiary/aromatic N) is 2. The Morgan fingerprint density at radius 1 is 1.18 bits per heavy atom. The summed E-state index contributed by atoms with van der Waals surface area (Å²) in [7, 11) is 0. The number of fused-ring (bicyclic) bond motifs is 1. The maximum Gasteiger partial charge on any atom is 0.233 e. The maximum atomic E-state index is 13.6. The van der Waals surface area contributed by atoms with E-state index in [0.29, 0.717) is 18.1 Å². The summed E-state index contributed by atoms with van der Waals surface area (Å²) in [5.41, 5.74) is 1.70. The molecule has 1 fully saturated rings. The van der Waals surface area contributed by atoms with Gasteiger partial charge in [-0.15, -0.1) is 0 Å². The van der Waals surface area contributed by atoms with Crippen molar-refractivity contribution >= 4 is 32.6 Å².